The van der Waals surface area contributed by atoms with Gasteiger partial charge in [-0.3, -0.25) is 0 Å². The molecule has 0 aliphatic carbocycles. The largest absolute Gasteiger partial charge is 0.323 e. The Balaban J connectivity index is 2.47. The van der Waals surface area contributed by atoms with Crippen molar-refractivity contribution in [3.05, 3.63) is 35.4 Å². The Morgan fingerprint density at radius 2 is 2.00 bits per heavy atom. The summed E-state index contributed by atoms with van der Waals surface area (Å²) in [5.41, 5.74) is 8.74. The van der Waals surface area contributed by atoms with Crippen LogP contribution in [0.3, 0.4) is 0 Å². The van der Waals surface area contributed by atoms with Gasteiger partial charge in [-0.15, -0.1) is 0 Å². The maximum atomic E-state index is 5.99. The highest BCUT2D eigenvalue weighted by Crippen LogP contribution is 2.39. The summed E-state index contributed by atoms with van der Waals surface area (Å²) in [6.45, 7) is 2.25. The van der Waals surface area contributed by atoms with Crippen molar-refractivity contribution < 1.29 is 0 Å². The summed E-state index contributed by atoms with van der Waals surface area (Å²) in [7, 11) is 0. The zero-order valence-corrected chi connectivity index (χ0v) is 7.97. The number of nitrogens with two attached hydrogens (primary N) is 1. The predicted molar refractivity (Wildman–Crippen MR) is 54.2 cm³/mol. The van der Waals surface area contributed by atoms with Gasteiger partial charge in [0.15, 0.2) is 0 Å². The van der Waals surface area contributed by atoms with Gasteiger partial charge in [0.1, 0.15) is 0 Å². The molecular weight excluding hydrogens is 166 g/mol. The molecule has 2 unspecified atom stereocenters. The first kappa shape index (κ1) is 8.14. The normalized spacial score (nSPS) is 28.2. The smallest absolute Gasteiger partial charge is 0.0390 e. The molecule has 2 heteroatoms. The quantitative estimate of drug-likeness (QED) is 0.662. The standard InChI is InChI=1S/C10H13NS/c1-7-8-4-2-3-5-9(8)10(11)6-12-7/h2-5,7,10H,6,11H2,1H3. The van der Waals surface area contributed by atoms with E-state index < -0.39 is 0 Å². The zero-order chi connectivity index (χ0) is 8.55. The fourth-order valence-corrected chi connectivity index (χ4v) is 2.72. The Morgan fingerprint density at radius 1 is 1.33 bits per heavy atom. The molecule has 12 heavy (non-hydrogen) atoms. The fourth-order valence-electron chi connectivity index (χ4n) is 1.65. The molecular formula is C10H13NS. The van der Waals surface area contributed by atoms with Crippen molar-refractivity contribution in [1.82, 2.24) is 0 Å². The molecule has 1 aromatic rings. The van der Waals surface area contributed by atoms with Crippen molar-refractivity contribution >= 4 is 11.8 Å². The lowest BCUT2D eigenvalue weighted by molar-refractivity contribution is 0.789. The summed E-state index contributed by atoms with van der Waals surface area (Å²) in [4.78, 5) is 0. The first-order valence-electron chi connectivity index (χ1n) is 4.25. The van der Waals surface area contributed by atoms with Gasteiger partial charge in [-0.2, -0.15) is 11.8 Å². The third kappa shape index (κ3) is 1.25. The van der Waals surface area contributed by atoms with Gasteiger partial charge in [0, 0.05) is 17.0 Å². The van der Waals surface area contributed by atoms with Crippen LogP contribution in [0.1, 0.15) is 29.3 Å². The molecule has 1 aromatic carbocycles. The minimum absolute atomic E-state index is 0.238. The number of benzene rings is 1. The molecule has 0 bridgehead atoms. The van der Waals surface area contributed by atoms with E-state index in [0.29, 0.717) is 5.25 Å². The van der Waals surface area contributed by atoms with E-state index in [0.717, 1.165) is 5.75 Å². The molecule has 1 heterocycles. The van der Waals surface area contributed by atoms with Crippen LogP contribution >= 0.6 is 11.8 Å². The first-order chi connectivity index (χ1) is 5.79. The van der Waals surface area contributed by atoms with E-state index in [9.17, 15) is 0 Å². The molecule has 0 aromatic heterocycles. The summed E-state index contributed by atoms with van der Waals surface area (Å²) in [6, 6.07) is 8.74. The Hall–Kier alpha value is -0.470. The van der Waals surface area contributed by atoms with E-state index in [1.54, 1.807) is 0 Å². The van der Waals surface area contributed by atoms with E-state index >= 15 is 0 Å². The van der Waals surface area contributed by atoms with Crippen LogP contribution in [0, 0.1) is 0 Å². The van der Waals surface area contributed by atoms with Crippen molar-refractivity contribution in [2.75, 3.05) is 5.75 Å². The van der Waals surface area contributed by atoms with E-state index in [4.69, 9.17) is 5.73 Å². The molecule has 0 amide bonds. The average Bonchev–Trinajstić information content (AvgIpc) is 2.12. The average molecular weight is 179 g/mol. The van der Waals surface area contributed by atoms with E-state index in [2.05, 4.69) is 31.2 Å². The van der Waals surface area contributed by atoms with Gasteiger partial charge in [-0.05, 0) is 18.1 Å². The SMILES string of the molecule is CC1SCC(N)c2ccccc21. The van der Waals surface area contributed by atoms with Gasteiger partial charge >= 0.3 is 0 Å². The molecule has 0 saturated heterocycles. The van der Waals surface area contributed by atoms with Crippen molar-refractivity contribution in [3.8, 4) is 0 Å². The minimum atomic E-state index is 0.238. The second-order valence-electron chi connectivity index (χ2n) is 3.21. The Labute approximate surface area is 77.3 Å². The van der Waals surface area contributed by atoms with Crippen LogP contribution in [0.5, 0.6) is 0 Å². The summed E-state index contributed by atoms with van der Waals surface area (Å²) in [6.07, 6.45) is 0. The Morgan fingerprint density at radius 3 is 2.67 bits per heavy atom. The van der Waals surface area contributed by atoms with Crippen LogP contribution in [0.15, 0.2) is 24.3 Å². The molecule has 0 radical (unpaired) electrons. The van der Waals surface area contributed by atoms with Crippen molar-refractivity contribution in [1.29, 1.82) is 0 Å². The molecule has 0 fully saturated rings. The fraction of sp³-hybridized carbons (Fsp3) is 0.400. The molecule has 2 atom stereocenters. The van der Waals surface area contributed by atoms with E-state index in [-0.39, 0.29) is 6.04 Å². The molecule has 1 aliphatic heterocycles. The van der Waals surface area contributed by atoms with Gasteiger partial charge in [0.25, 0.3) is 0 Å². The van der Waals surface area contributed by atoms with Crippen molar-refractivity contribution in [3.63, 3.8) is 0 Å². The highest BCUT2D eigenvalue weighted by molar-refractivity contribution is 7.99. The van der Waals surface area contributed by atoms with Crippen LogP contribution < -0.4 is 5.73 Å². The molecule has 1 nitrogen and oxygen atoms in total. The third-order valence-electron chi connectivity index (χ3n) is 2.36. The first-order valence-corrected chi connectivity index (χ1v) is 5.30. The number of hydrogen-bond donors (Lipinski definition) is 1. The number of rotatable bonds is 0. The van der Waals surface area contributed by atoms with Gasteiger partial charge < -0.3 is 5.73 Å². The number of fused-ring (bicyclic) bond motifs is 1. The predicted octanol–water partition coefficient (Wildman–Crippen LogP) is 2.49. The highest BCUT2D eigenvalue weighted by atomic mass is 32.2. The Kier molecular flexibility index (Phi) is 2.11. The molecule has 1 aliphatic rings. The van der Waals surface area contributed by atoms with Gasteiger partial charge in [-0.1, -0.05) is 24.3 Å². The van der Waals surface area contributed by atoms with Crippen LogP contribution in [-0.2, 0) is 0 Å². The number of hydrogen-bond acceptors (Lipinski definition) is 2. The van der Waals surface area contributed by atoms with E-state index in [1.807, 2.05) is 11.8 Å². The van der Waals surface area contributed by atoms with Crippen LogP contribution in [0.2, 0.25) is 0 Å². The Bertz CT molecular complexity index is 256. The molecule has 2 rings (SSSR count). The van der Waals surface area contributed by atoms with Gasteiger partial charge in [-0.25, -0.2) is 0 Å². The van der Waals surface area contributed by atoms with Gasteiger partial charge in [0.05, 0.1) is 0 Å². The lowest BCUT2D eigenvalue weighted by Crippen LogP contribution is -2.20. The molecule has 0 saturated carbocycles. The minimum Gasteiger partial charge on any atom is -0.323 e. The van der Waals surface area contributed by atoms with Gasteiger partial charge in [0.2, 0.25) is 0 Å². The maximum Gasteiger partial charge on any atom is 0.0390 e. The van der Waals surface area contributed by atoms with Crippen molar-refractivity contribution in [2.24, 2.45) is 5.73 Å². The highest BCUT2D eigenvalue weighted by Gasteiger charge is 2.21. The third-order valence-corrected chi connectivity index (χ3v) is 3.66. The zero-order valence-electron chi connectivity index (χ0n) is 7.16. The molecule has 0 spiro atoms. The lowest BCUT2D eigenvalue weighted by Gasteiger charge is -2.26. The van der Waals surface area contributed by atoms with Crippen LogP contribution in [0.25, 0.3) is 0 Å². The summed E-state index contributed by atoms with van der Waals surface area (Å²) in [5.74, 6) is 1.05. The van der Waals surface area contributed by atoms with Crippen LogP contribution in [-0.4, -0.2) is 5.75 Å². The van der Waals surface area contributed by atoms with Crippen molar-refractivity contribution in [2.45, 2.75) is 18.2 Å². The van der Waals surface area contributed by atoms with E-state index in [1.165, 1.54) is 11.1 Å². The summed E-state index contributed by atoms with van der Waals surface area (Å²) in [5, 5.41) is 0.612. The molecule has 64 valence electrons. The lowest BCUT2D eigenvalue weighted by atomic mass is 9.99. The second kappa shape index (κ2) is 3.11. The summed E-state index contributed by atoms with van der Waals surface area (Å²) >= 11 is 1.94. The van der Waals surface area contributed by atoms with Crippen LogP contribution in [0.4, 0.5) is 0 Å². The monoisotopic (exact) mass is 179 g/mol. The topological polar surface area (TPSA) is 26.0 Å². The summed E-state index contributed by atoms with van der Waals surface area (Å²) < 4.78 is 0. The maximum absolute atomic E-state index is 5.99. The number of thioether (sulfide) groups is 1. The second-order valence-corrected chi connectivity index (χ2v) is 4.58. The molecule has 2 N–H and O–H groups in total.